The number of hydrogen-bond acceptors (Lipinski definition) is 3. The van der Waals surface area contributed by atoms with Crippen molar-refractivity contribution >= 4 is 43.6 Å². The molecule has 0 fully saturated rings. The Morgan fingerprint density at radius 2 is 0.915 bits per heavy atom. The van der Waals surface area contributed by atoms with Gasteiger partial charge in [-0.25, -0.2) is 4.98 Å². The monoisotopic (exact) mass is 755 g/mol. The highest BCUT2D eigenvalue weighted by molar-refractivity contribution is 6.23. The third-order valence-corrected chi connectivity index (χ3v) is 12.4. The minimum Gasteiger partial charge on any atom is -0.307 e. The Morgan fingerprint density at radius 3 is 1.64 bits per heavy atom. The average molecular weight is 756 g/mol. The highest BCUT2D eigenvalue weighted by atomic mass is 15.2. The summed E-state index contributed by atoms with van der Waals surface area (Å²) in [4.78, 5) is 16.2. The highest BCUT2D eigenvalue weighted by Crippen LogP contribution is 2.49. The fourth-order valence-electron chi connectivity index (χ4n) is 9.59. The van der Waals surface area contributed by atoms with Gasteiger partial charge in [-0.3, -0.25) is 4.57 Å². The van der Waals surface area contributed by atoms with Gasteiger partial charge in [0.2, 0.25) is 5.95 Å². The molecule has 5 nitrogen and oxygen atoms in total. The summed E-state index contributed by atoms with van der Waals surface area (Å²) in [5.41, 5.74) is 14.6. The summed E-state index contributed by atoms with van der Waals surface area (Å²) in [6, 6.07) is 67.0. The maximum absolute atomic E-state index is 5.47. The summed E-state index contributed by atoms with van der Waals surface area (Å²) < 4.78 is 4.67. The highest BCUT2D eigenvalue weighted by Gasteiger charge is 2.35. The number of para-hydroxylation sites is 3. The normalized spacial score (nSPS) is 13.1. The fraction of sp³-hybridized carbons (Fsp3) is 0.0556. The first-order valence-corrected chi connectivity index (χ1v) is 20.2. The lowest BCUT2D eigenvalue weighted by Gasteiger charge is -2.21. The van der Waals surface area contributed by atoms with E-state index in [1.54, 1.807) is 0 Å². The van der Waals surface area contributed by atoms with E-state index >= 15 is 0 Å². The third-order valence-electron chi connectivity index (χ3n) is 12.4. The molecule has 0 bridgehead atoms. The van der Waals surface area contributed by atoms with Crippen LogP contribution >= 0.6 is 0 Å². The number of nitrogens with zero attached hydrogens (tertiary/aromatic N) is 5. The van der Waals surface area contributed by atoms with Crippen LogP contribution in [0.1, 0.15) is 25.0 Å². The molecular weight excluding hydrogens is 719 g/mol. The molecule has 3 heterocycles. The molecule has 0 N–H and O–H groups in total. The van der Waals surface area contributed by atoms with Crippen molar-refractivity contribution in [3.63, 3.8) is 0 Å². The van der Waals surface area contributed by atoms with E-state index in [9.17, 15) is 0 Å². The van der Waals surface area contributed by atoms with Gasteiger partial charge in [0, 0.05) is 43.8 Å². The van der Waals surface area contributed by atoms with Gasteiger partial charge in [0.25, 0.3) is 0 Å². The Labute approximate surface area is 341 Å². The van der Waals surface area contributed by atoms with Crippen LogP contribution < -0.4 is 0 Å². The van der Waals surface area contributed by atoms with E-state index in [-0.39, 0.29) is 5.41 Å². The zero-order chi connectivity index (χ0) is 39.2. The van der Waals surface area contributed by atoms with Crippen molar-refractivity contribution in [2.24, 2.45) is 0 Å². The number of aromatic nitrogens is 5. The van der Waals surface area contributed by atoms with Crippen molar-refractivity contribution < 1.29 is 0 Å². The quantitative estimate of drug-likeness (QED) is 0.176. The van der Waals surface area contributed by atoms with Crippen LogP contribution in [0.3, 0.4) is 0 Å². The van der Waals surface area contributed by atoms with E-state index in [1.165, 1.54) is 33.0 Å². The van der Waals surface area contributed by atoms with E-state index < -0.39 is 0 Å². The van der Waals surface area contributed by atoms with E-state index in [2.05, 4.69) is 205 Å². The molecule has 5 heteroatoms. The molecule has 0 unspecified atom stereocenters. The second-order valence-corrected chi connectivity index (χ2v) is 16.1. The average Bonchev–Trinajstić information content (AvgIpc) is 3.90. The van der Waals surface area contributed by atoms with Crippen molar-refractivity contribution in [1.82, 2.24) is 24.1 Å². The summed E-state index contributed by atoms with van der Waals surface area (Å²) >= 11 is 0. The van der Waals surface area contributed by atoms with Crippen molar-refractivity contribution in [3.05, 3.63) is 199 Å². The SMILES string of the molecule is CC1(C)c2ccccc2-c2ccc(-c3nc(-c4cccc(-c5ccccc5)c4)nc(-n4c5ccccc5c5ccc6c7ccccc7n(-c7ccccc7)c6c54)n3)cc21. The molecule has 3 aromatic heterocycles. The van der Waals surface area contributed by atoms with Crippen LogP contribution in [0.15, 0.2) is 188 Å². The predicted octanol–water partition coefficient (Wildman–Crippen LogP) is 13.4. The Hall–Kier alpha value is -7.63. The standard InChI is InChI=1S/C54H37N5/c1-54(2)45-25-12-9-22-39(45)40-29-28-37(33-46(40)54)52-55-51(36-19-15-18-35(32-36)34-16-5-3-6-17-34)56-53(57-52)59-48-27-14-11-24-42(48)44-31-30-43-41-23-10-13-26-47(41)58(49(43)50(44)59)38-20-7-4-8-21-38/h3-33H,1-2H3. The lowest BCUT2D eigenvalue weighted by molar-refractivity contribution is 0.660. The Balaban J connectivity index is 1.18. The maximum Gasteiger partial charge on any atom is 0.238 e. The Kier molecular flexibility index (Phi) is 7.20. The molecule has 0 radical (unpaired) electrons. The molecule has 0 atom stereocenters. The van der Waals surface area contributed by atoms with Crippen LogP contribution in [0.5, 0.6) is 0 Å². The van der Waals surface area contributed by atoms with Crippen LogP contribution in [0.2, 0.25) is 0 Å². The van der Waals surface area contributed by atoms with Gasteiger partial charge in [0.05, 0.1) is 22.1 Å². The molecule has 1 aliphatic rings. The van der Waals surface area contributed by atoms with Gasteiger partial charge in [-0.15, -0.1) is 0 Å². The Bertz CT molecular complexity index is 3470. The molecular formula is C54H37N5. The molecule has 11 aromatic rings. The summed E-state index contributed by atoms with van der Waals surface area (Å²) in [5, 5.41) is 4.65. The van der Waals surface area contributed by atoms with Gasteiger partial charge >= 0.3 is 0 Å². The van der Waals surface area contributed by atoms with Crippen LogP contribution in [-0.4, -0.2) is 24.1 Å². The minimum atomic E-state index is -0.173. The minimum absolute atomic E-state index is 0.173. The van der Waals surface area contributed by atoms with Gasteiger partial charge in [-0.2, -0.15) is 9.97 Å². The lowest BCUT2D eigenvalue weighted by Crippen LogP contribution is -2.15. The summed E-state index contributed by atoms with van der Waals surface area (Å²) in [5.74, 6) is 1.82. The number of fused-ring (bicyclic) bond motifs is 10. The molecule has 278 valence electrons. The van der Waals surface area contributed by atoms with E-state index in [4.69, 9.17) is 15.0 Å². The second-order valence-electron chi connectivity index (χ2n) is 16.1. The summed E-state index contributed by atoms with van der Waals surface area (Å²) in [7, 11) is 0. The second kappa shape index (κ2) is 12.7. The van der Waals surface area contributed by atoms with E-state index in [0.717, 1.165) is 60.8 Å². The summed E-state index contributed by atoms with van der Waals surface area (Å²) in [6.45, 7) is 4.63. The van der Waals surface area contributed by atoms with Gasteiger partial charge in [-0.1, -0.05) is 166 Å². The van der Waals surface area contributed by atoms with E-state index in [1.807, 2.05) is 6.07 Å². The summed E-state index contributed by atoms with van der Waals surface area (Å²) in [6.07, 6.45) is 0. The van der Waals surface area contributed by atoms with Crippen LogP contribution in [-0.2, 0) is 5.41 Å². The molecule has 8 aromatic carbocycles. The first-order chi connectivity index (χ1) is 29.0. The zero-order valence-corrected chi connectivity index (χ0v) is 32.6. The van der Waals surface area contributed by atoms with E-state index in [0.29, 0.717) is 17.6 Å². The molecule has 0 amide bonds. The predicted molar refractivity (Wildman–Crippen MR) is 242 cm³/mol. The number of rotatable bonds is 5. The van der Waals surface area contributed by atoms with Crippen molar-refractivity contribution in [3.8, 4) is 56.7 Å². The van der Waals surface area contributed by atoms with Gasteiger partial charge in [0.1, 0.15) is 0 Å². The fourth-order valence-corrected chi connectivity index (χ4v) is 9.59. The number of hydrogen-bond donors (Lipinski definition) is 0. The molecule has 12 rings (SSSR count). The topological polar surface area (TPSA) is 48.5 Å². The molecule has 1 aliphatic carbocycles. The zero-order valence-electron chi connectivity index (χ0n) is 32.6. The van der Waals surface area contributed by atoms with Crippen molar-refractivity contribution in [2.75, 3.05) is 0 Å². The largest absolute Gasteiger partial charge is 0.307 e. The molecule has 0 aliphatic heterocycles. The first kappa shape index (κ1) is 33.5. The molecule has 0 spiro atoms. The number of benzene rings is 8. The first-order valence-electron chi connectivity index (χ1n) is 20.2. The van der Waals surface area contributed by atoms with Gasteiger partial charge in [0.15, 0.2) is 11.6 Å². The van der Waals surface area contributed by atoms with Crippen LogP contribution in [0, 0.1) is 0 Å². The van der Waals surface area contributed by atoms with Crippen molar-refractivity contribution in [1.29, 1.82) is 0 Å². The Morgan fingerprint density at radius 1 is 0.373 bits per heavy atom. The van der Waals surface area contributed by atoms with Gasteiger partial charge in [-0.05, 0) is 69.8 Å². The van der Waals surface area contributed by atoms with Gasteiger partial charge < -0.3 is 4.57 Å². The van der Waals surface area contributed by atoms with Crippen LogP contribution in [0.25, 0.3) is 100 Å². The van der Waals surface area contributed by atoms with Crippen molar-refractivity contribution in [2.45, 2.75) is 19.3 Å². The lowest BCUT2D eigenvalue weighted by atomic mass is 9.82. The molecule has 59 heavy (non-hydrogen) atoms. The molecule has 0 saturated carbocycles. The van der Waals surface area contributed by atoms with Crippen LogP contribution in [0.4, 0.5) is 0 Å². The maximum atomic E-state index is 5.47. The third kappa shape index (κ3) is 5.01. The smallest absolute Gasteiger partial charge is 0.238 e. The molecule has 0 saturated heterocycles.